The zero-order valence-electron chi connectivity index (χ0n) is 12.2. The van der Waals surface area contributed by atoms with Crippen molar-refractivity contribution in [2.45, 2.75) is 31.1 Å². The fourth-order valence-corrected chi connectivity index (χ4v) is 3.02. The second kappa shape index (κ2) is 8.76. The van der Waals surface area contributed by atoms with Crippen molar-refractivity contribution < 1.29 is 8.42 Å². The highest BCUT2D eigenvalue weighted by Crippen LogP contribution is 2.15. The first kappa shape index (κ1) is 17.6. The molecule has 3 nitrogen and oxygen atoms in total. The van der Waals surface area contributed by atoms with Crippen molar-refractivity contribution in [3.05, 3.63) is 42.5 Å². The minimum absolute atomic E-state index is 0.165. The van der Waals surface area contributed by atoms with Crippen LogP contribution in [0.1, 0.15) is 24.8 Å². The lowest BCUT2D eigenvalue weighted by Crippen LogP contribution is -2.26. The van der Waals surface area contributed by atoms with Crippen LogP contribution in [0.2, 0.25) is 0 Å². The van der Waals surface area contributed by atoms with Crippen LogP contribution >= 0.6 is 11.6 Å². The SMILES string of the molecule is C=CCN(C#CCCCCCl)S(=O)(=O)c1ccc(C)cc1. The van der Waals surface area contributed by atoms with E-state index in [0.29, 0.717) is 12.3 Å². The van der Waals surface area contributed by atoms with Crippen LogP contribution in [0.3, 0.4) is 0 Å². The van der Waals surface area contributed by atoms with Crippen LogP contribution < -0.4 is 0 Å². The maximum Gasteiger partial charge on any atom is 0.271 e. The Bertz CT molecular complexity index is 612. The Labute approximate surface area is 132 Å². The van der Waals surface area contributed by atoms with Gasteiger partial charge in [-0.15, -0.1) is 18.2 Å². The Kier molecular flexibility index (Phi) is 7.35. The number of hydrogen-bond acceptors (Lipinski definition) is 2. The third-order valence-electron chi connectivity index (χ3n) is 2.79. The Hall–Kier alpha value is -1.44. The molecule has 0 saturated carbocycles. The van der Waals surface area contributed by atoms with Crippen molar-refractivity contribution in [3.8, 4) is 12.0 Å². The third-order valence-corrected chi connectivity index (χ3v) is 4.75. The lowest BCUT2D eigenvalue weighted by molar-refractivity contribution is 0.532. The number of benzene rings is 1. The smallest absolute Gasteiger partial charge is 0.221 e. The van der Waals surface area contributed by atoms with Crippen LogP contribution in [0, 0.1) is 18.9 Å². The zero-order valence-corrected chi connectivity index (χ0v) is 13.8. The molecule has 0 aliphatic carbocycles. The number of unbranched alkanes of at least 4 members (excludes halogenated alkanes) is 2. The molecule has 0 saturated heterocycles. The van der Waals surface area contributed by atoms with E-state index in [-0.39, 0.29) is 11.4 Å². The predicted octanol–water partition coefficient (Wildman–Crippen LogP) is 3.54. The van der Waals surface area contributed by atoms with Gasteiger partial charge in [-0.25, -0.2) is 12.7 Å². The summed E-state index contributed by atoms with van der Waals surface area (Å²) in [6.07, 6.45) is 3.90. The highest BCUT2D eigenvalue weighted by atomic mass is 35.5. The van der Waals surface area contributed by atoms with Gasteiger partial charge in [-0.05, 0) is 31.9 Å². The van der Waals surface area contributed by atoms with Crippen LogP contribution in [0.4, 0.5) is 0 Å². The summed E-state index contributed by atoms with van der Waals surface area (Å²) in [4.78, 5) is 0.241. The van der Waals surface area contributed by atoms with E-state index in [0.717, 1.165) is 22.7 Å². The summed E-state index contributed by atoms with van der Waals surface area (Å²) in [5.41, 5.74) is 1.01. The van der Waals surface area contributed by atoms with Crippen molar-refractivity contribution in [3.63, 3.8) is 0 Å². The van der Waals surface area contributed by atoms with Gasteiger partial charge in [0.2, 0.25) is 0 Å². The first-order chi connectivity index (χ1) is 10.0. The van der Waals surface area contributed by atoms with Gasteiger partial charge in [-0.3, -0.25) is 0 Å². The topological polar surface area (TPSA) is 37.4 Å². The van der Waals surface area contributed by atoms with Gasteiger partial charge in [0.15, 0.2) is 0 Å². The fraction of sp³-hybridized carbons (Fsp3) is 0.375. The average molecular weight is 326 g/mol. The molecule has 114 valence electrons. The summed E-state index contributed by atoms with van der Waals surface area (Å²) in [7, 11) is -3.61. The van der Waals surface area contributed by atoms with Gasteiger partial charge in [0.1, 0.15) is 0 Å². The van der Waals surface area contributed by atoms with Gasteiger partial charge < -0.3 is 0 Å². The number of halogens is 1. The number of alkyl halides is 1. The molecule has 1 aromatic rings. The second-order valence-electron chi connectivity index (χ2n) is 4.57. The third kappa shape index (κ3) is 5.45. The number of rotatable bonds is 7. The summed E-state index contributed by atoms with van der Waals surface area (Å²) in [5.74, 6) is 3.48. The Balaban J connectivity index is 2.92. The van der Waals surface area contributed by atoms with Crippen LogP contribution in [-0.2, 0) is 10.0 Å². The molecule has 0 amide bonds. The molecule has 0 heterocycles. The van der Waals surface area contributed by atoms with E-state index in [9.17, 15) is 8.42 Å². The fourth-order valence-electron chi connectivity index (χ4n) is 1.61. The van der Waals surface area contributed by atoms with Crippen molar-refractivity contribution >= 4 is 21.6 Å². The molecule has 0 spiro atoms. The number of aryl methyl sites for hydroxylation is 1. The van der Waals surface area contributed by atoms with Gasteiger partial charge in [0.05, 0.1) is 11.4 Å². The molecular weight excluding hydrogens is 306 g/mol. The van der Waals surface area contributed by atoms with E-state index in [1.54, 1.807) is 24.3 Å². The molecule has 0 aliphatic heterocycles. The highest BCUT2D eigenvalue weighted by Gasteiger charge is 2.20. The molecule has 0 N–H and O–H groups in total. The molecule has 1 rings (SSSR count). The first-order valence-electron chi connectivity index (χ1n) is 6.77. The number of sulfonamides is 1. The lowest BCUT2D eigenvalue weighted by Gasteiger charge is -2.16. The lowest BCUT2D eigenvalue weighted by atomic mass is 10.2. The van der Waals surface area contributed by atoms with Gasteiger partial charge in [-0.2, -0.15) is 0 Å². The number of nitrogens with zero attached hydrogens (tertiary/aromatic N) is 1. The minimum atomic E-state index is -3.61. The van der Waals surface area contributed by atoms with E-state index in [4.69, 9.17) is 11.6 Å². The van der Waals surface area contributed by atoms with E-state index >= 15 is 0 Å². The van der Waals surface area contributed by atoms with Crippen molar-refractivity contribution in [1.82, 2.24) is 4.31 Å². The van der Waals surface area contributed by atoms with Crippen molar-refractivity contribution in [1.29, 1.82) is 0 Å². The minimum Gasteiger partial charge on any atom is -0.221 e. The van der Waals surface area contributed by atoms with Crippen molar-refractivity contribution in [2.75, 3.05) is 12.4 Å². The Morgan fingerprint density at radius 3 is 2.52 bits per heavy atom. The predicted molar refractivity (Wildman–Crippen MR) is 87.6 cm³/mol. The molecular formula is C16H20ClNO2S. The van der Waals surface area contributed by atoms with Gasteiger partial charge in [0, 0.05) is 18.3 Å². The molecule has 21 heavy (non-hydrogen) atoms. The Morgan fingerprint density at radius 2 is 1.95 bits per heavy atom. The largest absolute Gasteiger partial charge is 0.271 e. The molecule has 0 aliphatic rings. The van der Waals surface area contributed by atoms with E-state index < -0.39 is 10.0 Å². The van der Waals surface area contributed by atoms with Crippen molar-refractivity contribution in [2.24, 2.45) is 0 Å². The van der Waals surface area contributed by atoms with E-state index in [1.807, 2.05) is 6.92 Å². The monoisotopic (exact) mass is 325 g/mol. The van der Waals surface area contributed by atoms with Crippen LogP contribution in [0.25, 0.3) is 0 Å². The molecule has 0 unspecified atom stereocenters. The van der Waals surface area contributed by atoms with E-state index in [2.05, 4.69) is 18.5 Å². The van der Waals surface area contributed by atoms with E-state index in [1.165, 1.54) is 6.08 Å². The summed E-state index contributed by atoms with van der Waals surface area (Å²) in [5, 5.41) is 0. The molecule has 0 bridgehead atoms. The van der Waals surface area contributed by atoms with Crippen LogP contribution in [0.5, 0.6) is 0 Å². The normalized spacial score (nSPS) is 10.6. The maximum absolute atomic E-state index is 12.5. The van der Waals surface area contributed by atoms with Crippen LogP contribution in [0.15, 0.2) is 41.8 Å². The second-order valence-corrected chi connectivity index (χ2v) is 6.81. The molecule has 5 heteroatoms. The molecule has 0 atom stereocenters. The van der Waals surface area contributed by atoms with Gasteiger partial charge >= 0.3 is 0 Å². The molecule has 0 radical (unpaired) electrons. The summed E-state index contributed by atoms with van der Waals surface area (Å²) < 4.78 is 26.1. The molecule has 1 aromatic carbocycles. The van der Waals surface area contributed by atoms with Gasteiger partial charge in [-0.1, -0.05) is 29.7 Å². The summed E-state index contributed by atoms with van der Waals surface area (Å²) in [6.45, 7) is 5.66. The average Bonchev–Trinajstić information content (AvgIpc) is 2.46. The summed E-state index contributed by atoms with van der Waals surface area (Å²) >= 11 is 5.59. The first-order valence-corrected chi connectivity index (χ1v) is 8.74. The zero-order chi connectivity index (χ0) is 15.7. The quantitative estimate of drug-likeness (QED) is 0.253. The summed E-state index contributed by atoms with van der Waals surface area (Å²) in [6, 6.07) is 9.44. The van der Waals surface area contributed by atoms with Gasteiger partial charge in [0.25, 0.3) is 10.0 Å². The highest BCUT2D eigenvalue weighted by molar-refractivity contribution is 7.89. The standard InChI is InChI=1S/C16H20ClNO2S/c1-3-13-18(14-7-5-4-6-12-17)21(19,20)16-10-8-15(2)9-11-16/h3,8-11H,1,4-6,12-13H2,2H3. The Morgan fingerprint density at radius 1 is 1.29 bits per heavy atom. The number of hydrogen-bond donors (Lipinski definition) is 0. The maximum atomic E-state index is 12.5. The molecule has 0 fully saturated rings. The molecule has 0 aromatic heterocycles. The van der Waals surface area contributed by atoms with Crippen LogP contribution in [-0.4, -0.2) is 25.1 Å².